The van der Waals surface area contributed by atoms with E-state index in [2.05, 4.69) is 9.47 Å². The van der Waals surface area contributed by atoms with Crippen LogP contribution in [0.15, 0.2) is 60.7 Å². The van der Waals surface area contributed by atoms with Crippen molar-refractivity contribution in [3.8, 4) is 0 Å². The summed E-state index contributed by atoms with van der Waals surface area (Å²) in [6.07, 6.45) is 10.9. The molecule has 12 heteroatoms. The second-order valence-electron chi connectivity index (χ2n) is 10.7. The summed E-state index contributed by atoms with van der Waals surface area (Å²) in [7, 11) is 2.59. The first-order valence-electron chi connectivity index (χ1n) is 16.1. The minimum Gasteiger partial charge on any atom is -0.466 e. The van der Waals surface area contributed by atoms with Crippen molar-refractivity contribution < 1.29 is 57.2 Å². The first-order valence-corrected chi connectivity index (χ1v) is 16.1. The molecule has 0 heterocycles. The zero-order valence-electron chi connectivity index (χ0n) is 28.0. The Morgan fingerprint density at radius 1 is 0.469 bits per heavy atom. The van der Waals surface area contributed by atoms with Crippen LogP contribution in [0.1, 0.15) is 89.6 Å². The normalized spacial score (nSPS) is 10.8. The van der Waals surface area contributed by atoms with E-state index >= 15 is 0 Å². The molecule has 0 bridgehead atoms. The lowest BCUT2D eigenvalue weighted by Gasteiger charge is -2.07. The Balaban J connectivity index is 1.42. The highest BCUT2D eigenvalue weighted by Gasteiger charge is 2.12. The van der Waals surface area contributed by atoms with E-state index in [4.69, 9.17) is 18.9 Å². The molecular weight excluding hydrogens is 636 g/mol. The first-order chi connectivity index (χ1) is 23.7. The molecule has 0 N–H and O–H groups in total. The molecular formula is C37H44O12. The summed E-state index contributed by atoms with van der Waals surface area (Å²) in [5.74, 6) is -3.08. The van der Waals surface area contributed by atoms with Crippen molar-refractivity contribution in [2.24, 2.45) is 0 Å². The molecule has 0 saturated carbocycles. The molecule has 0 aromatic heterocycles. The number of carbonyl (C=O) groups is 6. The Bertz CT molecular complexity index is 1300. The summed E-state index contributed by atoms with van der Waals surface area (Å²) in [6, 6.07) is 13.3. The zero-order chi connectivity index (χ0) is 35.7. The van der Waals surface area contributed by atoms with Gasteiger partial charge in [-0.3, -0.25) is 9.59 Å². The molecule has 0 fully saturated rings. The fourth-order valence-electron chi connectivity index (χ4n) is 4.13. The number of carbonyl (C=O) groups excluding carboxylic acids is 6. The van der Waals surface area contributed by atoms with E-state index < -0.39 is 42.2 Å². The Morgan fingerprint density at radius 2 is 0.796 bits per heavy atom. The molecule has 0 radical (unpaired) electrons. The topological polar surface area (TPSA) is 158 Å². The average molecular weight is 681 g/mol. The van der Waals surface area contributed by atoms with Gasteiger partial charge in [-0.15, -0.1) is 0 Å². The van der Waals surface area contributed by atoms with E-state index in [-0.39, 0.29) is 26.4 Å². The van der Waals surface area contributed by atoms with Gasteiger partial charge >= 0.3 is 35.8 Å². The largest absolute Gasteiger partial charge is 0.466 e. The van der Waals surface area contributed by atoms with Crippen molar-refractivity contribution in [2.45, 2.75) is 57.8 Å². The van der Waals surface area contributed by atoms with Crippen molar-refractivity contribution in [3.05, 3.63) is 82.9 Å². The highest BCUT2D eigenvalue weighted by molar-refractivity contribution is 5.92. The first kappa shape index (κ1) is 39.9. The molecule has 0 unspecified atom stereocenters. The van der Waals surface area contributed by atoms with Crippen LogP contribution >= 0.6 is 0 Å². The maximum atomic E-state index is 12.2. The molecule has 0 aliphatic heterocycles. The van der Waals surface area contributed by atoms with E-state index in [1.54, 1.807) is 60.7 Å². The lowest BCUT2D eigenvalue weighted by molar-refractivity contribution is -0.154. The number of rotatable bonds is 22. The van der Waals surface area contributed by atoms with Gasteiger partial charge in [-0.25, -0.2) is 19.2 Å². The molecule has 0 aliphatic rings. The molecule has 2 rings (SSSR count). The van der Waals surface area contributed by atoms with Crippen molar-refractivity contribution in [1.29, 1.82) is 0 Å². The minimum atomic E-state index is -0.639. The fraction of sp³-hybridized carbons (Fsp3) is 0.405. The summed E-state index contributed by atoms with van der Waals surface area (Å²) in [6.45, 7) is 0.898. The summed E-state index contributed by atoms with van der Waals surface area (Å²) in [5.41, 5.74) is 2.31. The maximum absolute atomic E-state index is 12.2. The van der Waals surface area contributed by atoms with Gasteiger partial charge in [-0.1, -0.05) is 24.3 Å². The van der Waals surface area contributed by atoms with Gasteiger partial charge in [0.25, 0.3) is 0 Å². The molecule has 0 amide bonds. The van der Waals surface area contributed by atoms with Crippen molar-refractivity contribution in [2.75, 3.05) is 40.6 Å². The number of hydrogen-bond donors (Lipinski definition) is 0. The van der Waals surface area contributed by atoms with Crippen molar-refractivity contribution >= 4 is 48.0 Å². The van der Waals surface area contributed by atoms with Crippen LogP contribution in [-0.4, -0.2) is 76.5 Å². The Labute approximate surface area is 286 Å². The Kier molecular flexibility index (Phi) is 19.5. The Hall–Kier alpha value is -5.26. The molecule has 0 saturated heterocycles. The third-order valence-corrected chi connectivity index (χ3v) is 6.88. The summed E-state index contributed by atoms with van der Waals surface area (Å²) in [5, 5.41) is 0. The second-order valence-corrected chi connectivity index (χ2v) is 10.7. The van der Waals surface area contributed by atoms with Gasteiger partial charge < -0.3 is 28.4 Å². The Morgan fingerprint density at radius 3 is 1.12 bits per heavy atom. The summed E-state index contributed by atoms with van der Waals surface area (Å²) < 4.78 is 29.8. The van der Waals surface area contributed by atoms with E-state index in [1.807, 2.05) is 0 Å². The number of unbranched alkanes of at least 4 members (excludes halogenated alkanes) is 6. The molecule has 49 heavy (non-hydrogen) atoms. The summed E-state index contributed by atoms with van der Waals surface area (Å²) in [4.78, 5) is 70.4. The predicted octanol–water partition coefficient (Wildman–Crippen LogP) is 5.67. The average Bonchev–Trinajstić information content (AvgIpc) is 3.11. The SMILES string of the molecule is COC(=O)/C=C/c1ccc(C(=O)OCCCCCCOC(=O)CC(=O)OCCCCCCOC(=O)c2ccc(/C=C/C(=O)OC)cc2)cc1. The third-order valence-electron chi connectivity index (χ3n) is 6.88. The van der Waals surface area contributed by atoms with Crippen LogP contribution in [0, 0.1) is 0 Å². The lowest BCUT2D eigenvalue weighted by Crippen LogP contribution is -2.15. The number of ether oxygens (including phenoxy) is 6. The quantitative estimate of drug-likeness (QED) is 0.0494. The smallest absolute Gasteiger partial charge is 0.338 e. The third kappa shape index (κ3) is 18.0. The van der Waals surface area contributed by atoms with E-state index in [1.165, 1.54) is 26.4 Å². The highest BCUT2D eigenvalue weighted by atomic mass is 16.6. The van der Waals surface area contributed by atoms with E-state index in [0.717, 1.165) is 36.8 Å². The molecule has 2 aromatic carbocycles. The monoisotopic (exact) mass is 680 g/mol. The standard InChI is InChI=1S/C37H44O12/c1-44-32(38)21-15-28-11-17-30(18-12-28)36(42)48-25-9-5-3-7-23-46-34(40)27-35(41)47-24-8-4-6-10-26-49-37(43)31-19-13-29(14-20-31)16-22-33(39)45-2/h11-22H,3-10,23-27H2,1-2H3/b21-15+,22-16+. The van der Waals surface area contributed by atoms with Gasteiger partial charge in [0.15, 0.2) is 0 Å². The van der Waals surface area contributed by atoms with E-state index in [9.17, 15) is 28.8 Å². The van der Waals surface area contributed by atoms with Gasteiger partial charge in [0, 0.05) is 12.2 Å². The van der Waals surface area contributed by atoms with E-state index in [0.29, 0.717) is 36.8 Å². The van der Waals surface area contributed by atoms with Crippen LogP contribution in [0.25, 0.3) is 12.2 Å². The zero-order valence-corrected chi connectivity index (χ0v) is 28.0. The fourth-order valence-corrected chi connectivity index (χ4v) is 4.13. The highest BCUT2D eigenvalue weighted by Crippen LogP contribution is 2.11. The van der Waals surface area contributed by atoms with Crippen molar-refractivity contribution in [3.63, 3.8) is 0 Å². The molecule has 0 aliphatic carbocycles. The van der Waals surface area contributed by atoms with Crippen LogP contribution in [0.4, 0.5) is 0 Å². The van der Waals surface area contributed by atoms with Gasteiger partial charge in [-0.05, 0) is 98.9 Å². The summed E-state index contributed by atoms with van der Waals surface area (Å²) >= 11 is 0. The van der Waals surface area contributed by atoms with Gasteiger partial charge in [-0.2, -0.15) is 0 Å². The number of benzene rings is 2. The lowest BCUT2D eigenvalue weighted by atomic mass is 10.1. The van der Waals surface area contributed by atoms with Crippen LogP contribution in [-0.2, 0) is 47.6 Å². The van der Waals surface area contributed by atoms with Gasteiger partial charge in [0.2, 0.25) is 0 Å². The molecule has 12 nitrogen and oxygen atoms in total. The van der Waals surface area contributed by atoms with Crippen molar-refractivity contribution in [1.82, 2.24) is 0 Å². The molecule has 2 aromatic rings. The number of methoxy groups -OCH3 is 2. The van der Waals surface area contributed by atoms with Crippen LogP contribution in [0.2, 0.25) is 0 Å². The second kappa shape index (κ2) is 24.0. The van der Waals surface area contributed by atoms with Gasteiger partial charge in [0.1, 0.15) is 6.42 Å². The number of hydrogen-bond acceptors (Lipinski definition) is 12. The maximum Gasteiger partial charge on any atom is 0.338 e. The molecule has 264 valence electrons. The van der Waals surface area contributed by atoms with Crippen LogP contribution < -0.4 is 0 Å². The molecule has 0 spiro atoms. The predicted molar refractivity (Wildman–Crippen MR) is 179 cm³/mol. The molecule has 0 atom stereocenters. The van der Waals surface area contributed by atoms with Gasteiger partial charge in [0.05, 0.1) is 51.8 Å². The van der Waals surface area contributed by atoms with Crippen LogP contribution in [0.3, 0.4) is 0 Å². The number of esters is 6. The van der Waals surface area contributed by atoms with Crippen LogP contribution in [0.5, 0.6) is 0 Å². The minimum absolute atomic E-state index is 0.187.